The van der Waals surface area contributed by atoms with Gasteiger partial charge in [-0.2, -0.15) is 0 Å². The molecular formula is C22H23NO3. The summed E-state index contributed by atoms with van der Waals surface area (Å²) in [5.41, 5.74) is 6.51. The molecule has 1 aromatic heterocycles. The standard InChI is InChI=1S/C22H23NO3/c1-5-16-6-8-18(9-7-16)23-11-17-10-19-13(2)14(3)22(24)26-21(19)15(4)20(17)25-12-23/h6-10H,5,11-12H2,1-4H3. The number of nitrogens with zero attached hydrogens (tertiary/aromatic N) is 1. The highest BCUT2D eigenvalue weighted by molar-refractivity contribution is 5.87. The van der Waals surface area contributed by atoms with E-state index in [9.17, 15) is 4.79 Å². The molecular weight excluding hydrogens is 326 g/mol. The molecule has 0 radical (unpaired) electrons. The maximum absolute atomic E-state index is 12.0. The molecule has 2 heterocycles. The maximum Gasteiger partial charge on any atom is 0.339 e. The number of hydrogen-bond acceptors (Lipinski definition) is 4. The van der Waals surface area contributed by atoms with Gasteiger partial charge in [0.15, 0.2) is 6.73 Å². The van der Waals surface area contributed by atoms with Crippen molar-refractivity contribution < 1.29 is 9.15 Å². The van der Waals surface area contributed by atoms with Gasteiger partial charge in [0.25, 0.3) is 0 Å². The lowest BCUT2D eigenvalue weighted by atomic mass is 9.99. The molecule has 0 N–H and O–H groups in total. The van der Waals surface area contributed by atoms with Gasteiger partial charge in [-0.25, -0.2) is 4.79 Å². The molecule has 4 nitrogen and oxygen atoms in total. The van der Waals surface area contributed by atoms with Crippen LogP contribution in [-0.4, -0.2) is 6.73 Å². The molecule has 4 heteroatoms. The Hall–Kier alpha value is -2.75. The zero-order valence-corrected chi connectivity index (χ0v) is 15.7. The number of benzene rings is 2. The van der Waals surface area contributed by atoms with Crippen molar-refractivity contribution in [3.63, 3.8) is 0 Å². The minimum Gasteiger partial charge on any atom is -0.472 e. The second-order valence-electron chi connectivity index (χ2n) is 7.00. The van der Waals surface area contributed by atoms with Crippen molar-refractivity contribution in [2.45, 2.75) is 40.7 Å². The second-order valence-corrected chi connectivity index (χ2v) is 7.00. The average molecular weight is 349 g/mol. The fourth-order valence-corrected chi connectivity index (χ4v) is 3.61. The lowest BCUT2D eigenvalue weighted by Crippen LogP contribution is -2.32. The molecule has 0 aliphatic carbocycles. The van der Waals surface area contributed by atoms with Gasteiger partial charge in [-0.1, -0.05) is 19.1 Å². The van der Waals surface area contributed by atoms with Crippen molar-refractivity contribution in [3.05, 3.63) is 68.6 Å². The summed E-state index contributed by atoms with van der Waals surface area (Å²) >= 11 is 0. The van der Waals surface area contributed by atoms with Gasteiger partial charge < -0.3 is 14.1 Å². The fourth-order valence-electron chi connectivity index (χ4n) is 3.61. The van der Waals surface area contributed by atoms with Gasteiger partial charge in [0.2, 0.25) is 0 Å². The molecule has 0 fully saturated rings. The quantitative estimate of drug-likeness (QED) is 0.632. The molecule has 0 saturated heterocycles. The molecule has 1 aliphatic rings. The van der Waals surface area contributed by atoms with Crippen molar-refractivity contribution in [1.29, 1.82) is 0 Å². The SMILES string of the molecule is CCc1ccc(N2COc3c(cc4c(C)c(C)c(=O)oc4c3C)C2)cc1. The molecule has 0 bridgehead atoms. The van der Waals surface area contributed by atoms with Crippen molar-refractivity contribution in [2.24, 2.45) is 0 Å². The summed E-state index contributed by atoms with van der Waals surface area (Å²) in [6, 6.07) is 10.7. The molecule has 0 unspecified atom stereocenters. The minimum atomic E-state index is -0.272. The monoisotopic (exact) mass is 349 g/mol. The van der Waals surface area contributed by atoms with Crippen LogP contribution in [0.25, 0.3) is 11.0 Å². The summed E-state index contributed by atoms with van der Waals surface area (Å²) < 4.78 is 11.6. The van der Waals surface area contributed by atoms with Gasteiger partial charge in [0.05, 0.1) is 0 Å². The Labute approximate surface area is 153 Å². The van der Waals surface area contributed by atoms with Crippen LogP contribution >= 0.6 is 0 Å². The van der Waals surface area contributed by atoms with Crippen LogP contribution in [0.2, 0.25) is 0 Å². The van der Waals surface area contributed by atoms with Gasteiger partial charge in [0.1, 0.15) is 11.3 Å². The highest BCUT2D eigenvalue weighted by Crippen LogP contribution is 2.37. The lowest BCUT2D eigenvalue weighted by Gasteiger charge is -2.32. The number of aryl methyl sites for hydroxylation is 3. The molecule has 0 saturated carbocycles. The fraction of sp³-hybridized carbons (Fsp3) is 0.318. The topological polar surface area (TPSA) is 42.7 Å². The molecule has 26 heavy (non-hydrogen) atoms. The van der Waals surface area contributed by atoms with Crippen molar-refractivity contribution in [1.82, 2.24) is 0 Å². The molecule has 134 valence electrons. The van der Waals surface area contributed by atoms with Gasteiger partial charge in [-0.05, 0) is 56.5 Å². The van der Waals surface area contributed by atoms with E-state index in [4.69, 9.17) is 9.15 Å². The first-order valence-corrected chi connectivity index (χ1v) is 9.02. The average Bonchev–Trinajstić information content (AvgIpc) is 2.67. The van der Waals surface area contributed by atoms with Gasteiger partial charge >= 0.3 is 5.63 Å². The van der Waals surface area contributed by atoms with E-state index < -0.39 is 0 Å². The molecule has 0 spiro atoms. The first-order chi connectivity index (χ1) is 12.5. The van der Waals surface area contributed by atoms with Crippen LogP contribution < -0.4 is 15.3 Å². The van der Waals surface area contributed by atoms with E-state index in [0.717, 1.165) is 46.5 Å². The lowest BCUT2D eigenvalue weighted by molar-refractivity contribution is 0.287. The van der Waals surface area contributed by atoms with E-state index in [1.165, 1.54) is 5.56 Å². The molecule has 0 atom stereocenters. The second kappa shape index (κ2) is 6.20. The normalized spacial score (nSPS) is 13.6. The van der Waals surface area contributed by atoms with Crippen LogP contribution in [0.4, 0.5) is 5.69 Å². The Morgan fingerprint density at radius 1 is 1.04 bits per heavy atom. The molecule has 1 aliphatic heterocycles. The minimum absolute atomic E-state index is 0.272. The third-order valence-electron chi connectivity index (χ3n) is 5.44. The number of fused-ring (bicyclic) bond motifs is 2. The Morgan fingerprint density at radius 2 is 1.77 bits per heavy atom. The van der Waals surface area contributed by atoms with Crippen molar-refractivity contribution in [3.8, 4) is 5.75 Å². The van der Waals surface area contributed by atoms with Crippen molar-refractivity contribution >= 4 is 16.7 Å². The summed E-state index contributed by atoms with van der Waals surface area (Å²) in [6.07, 6.45) is 1.04. The highest BCUT2D eigenvalue weighted by atomic mass is 16.5. The molecule has 3 aromatic rings. The van der Waals surface area contributed by atoms with E-state index in [1.807, 2.05) is 20.8 Å². The van der Waals surface area contributed by atoms with Crippen LogP contribution in [0.3, 0.4) is 0 Å². The van der Waals surface area contributed by atoms with Gasteiger partial charge in [0, 0.05) is 34.3 Å². The zero-order chi connectivity index (χ0) is 18.4. The predicted octanol–water partition coefficient (Wildman–Crippen LogP) is 4.64. The summed E-state index contributed by atoms with van der Waals surface area (Å²) in [7, 11) is 0. The number of rotatable bonds is 2. The first kappa shape index (κ1) is 16.7. The van der Waals surface area contributed by atoms with Gasteiger partial charge in [-0.3, -0.25) is 0 Å². The Kier molecular flexibility index (Phi) is 3.98. The number of ether oxygens (including phenoxy) is 1. The van der Waals surface area contributed by atoms with Gasteiger partial charge in [-0.15, -0.1) is 0 Å². The smallest absolute Gasteiger partial charge is 0.339 e. The summed E-state index contributed by atoms with van der Waals surface area (Å²) in [5.74, 6) is 0.838. The van der Waals surface area contributed by atoms with Crippen LogP contribution in [0.15, 0.2) is 39.5 Å². The summed E-state index contributed by atoms with van der Waals surface area (Å²) in [6.45, 7) is 9.17. The number of hydrogen-bond donors (Lipinski definition) is 0. The van der Waals surface area contributed by atoms with Crippen LogP contribution in [-0.2, 0) is 13.0 Å². The zero-order valence-electron chi connectivity index (χ0n) is 15.7. The number of anilines is 1. The Morgan fingerprint density at radius 3 is 2.46 bits per heavy atom. The van der Waals surface area contributed by atoms with Crippen LogP contribution in [0.5, 0.6) is 5.75 Å². The third-order valence-corrected chi connectivity index (χ3v) is 5.44. The Bertz CT molecular complexity index is 1050. The summed E-state index contributed by atoms with van der Waals surface area (Å²) in [4.78, 5) is 14.3. The molecule has 0 amide bonds. The maximum atomic E-state index is 12.0. The predicted molar refractivity (Wildman–Crippen MR) is 104 cm³/mol. The van der Waals surface area contributed by atoms with E-state index >= 15 is 0 Å². The van der Waals surface area contributed by atoms with E-state index in [2.05, 4.69) is 42.2 Å². The van der Waals surface area contributed by atoms with Crippen LogP contribution in [0.1, 0.15) is 34.7 Å². The van der Waals surface area contributed by atoms with E-state index in [0.29, 0.717) is 17.9 Å². The highest BCUT2D eigenvalue weighted by Gasteiger charge is 2.23. The van der Waals surface area contributed by atoms with E-state index in [-0.39, 0.29) is 5.63 Å². The third kappa shape index (κ3) is 2.57. The summed E-state index contributed by atoms with van der Waals surface area (Å²) in [5, 5.41) is 0.991. The molecule has 2 aromatic carbocycles. The van der Waals surface area contributed by atoms with Crippen LogP contribution in [0, 0.1) is 20.8 Å². The van der Waals surface area contributed by atoms with E-state index in [1.54, 1.807) is 0 Å². The first-order valence-electron chi connectivity index (χ1n) is 9.02. The Balaban J connectivity index is 1.79. The molecule has 4 rings (SSSR count). The largest absolute Gasteiger partial charge is 0.472 e. The van der Waals surface area contributed by atoms with Crippen molar-refractivity contribution in [2.75, 3.05) is 11.6 Å².